The van der Waals surface area contributed by atoms with Crippen molar-refractivity contribution in [3.8, 4) is 0 Å². The quantitative estimate of drug-likeness (QED) is 0.649. The number of hydrogen-bond acceptors (Lipinski definition) is 5. The first-order valence-corrected chi connectivity index (χ1v) is 5.11. The van der Waals surface area contributed by atoms with Gasteiger partial charge in [0.1, 0.15) is 11.8 Å². The first kappa shape index (κ1) is 10.8. The van der Waals surface area contributed by atoms with Gasteiger partial charge in [-0.05, 0) is 6.07 Å². The van der Waals surface area contributed by atoms with Crippen LogP contribution in [-0.2, 0) is 0 Å². The molecule has 6 heteroatoms. The van der Waals surface area contributed by atoms with Gasteiger partial charge in [0.2, 0.25) is 0 Å². The van der Waals surface area contributed by atoms with E-state index in [0.717, 1.165) is 11.0 Å². The van der Waals surface area contributed by atoms with Gasteiger partial charge in [0.05, 0.1) is 18.7 Å². The summed E-state index contributed by atoms with van der Waals surface area (Å²) in [5, 5.41) is 17.9. The van der Waals surface area contributed by atoms with Gasteiger partial charge in [0, 0.05) is 19.3 Å². The van der Waals surface area contributed by atoms with Crippen LogP contribution >= 0.6 is 0 Å². The number of rotatable bonds is 5. The molecule has 2 aromatic rings. The molecule has 0 saturated heterocycles. The number of anilines is 1. The third-order valence-corrected chi connectivity index (χ3v) is 2.36. The molecule has 0 aliphatic rings. The second-order valence-corrected chi connectivity index (χ2v) is 3.37. The molecule has 0 fully saturated rings. The number of aromatic amines is 1. The summed E-state index contributed by atoms with van der Waals surface area (Å²) < 4.78 is 0. The molecule has 2 aromatic heterocycles. The molecule has 16 heavy (non-hydrogen) atoms. The lowest BCUT2D eigenvalue weighted by Gasteiger charge is -2.21. The maximum Gasteiger partial charge on any atom is 0.156 e. The Morgan fingerprint density at radius 1 is 1.19 bits per heavy atom. The van der Waals surface area contributed by atoms with Crippen molar-refractivity contribution in [2.24, 2.45) is 0 Å². The average Bonchev–Trinajstić information content (AvgIpc) is 2.76. The zero-order chi connectivity index (χ0) is 11.4. The molecule has 0 saturated carbocycles. The van der Waals surface area contributed by atoms with E-state index < -0.39 is 0 Å². The highest BCUT2D eigenvalue weighted by molar-refractivity contribution is 5.85. The standard InChI is InChI=1S/C10H14N4O2/c15-5-3-14(4-6-16)10-9-8(1-2-11-9)12-7-13-10/h1-2,7,11,15-16H,3-6H2. The van der Waals surface area contributed by atoms with E-state index in [2.05, 4.69) is 15.0 Å². The van der Waals surface area contributed by atoms with E-state index in [1.165, 1.54) is 6.33 Å². The van der Waals surface area contributed by atoms with Crippen molar-refractivity contribution >= 4 is 16.9 Å². The maximum absolute atomic E-state index is 8.97. The summed E-state index contributed by atoms with van der Waals surface area (Å²) in [7, 11) is 0. The minimum atomic E-state index is 0.0200. The maximum atomic E-state index is 8.97. The fourth-order valence-corrected chi connectivity index (χ4v) is 1.66. The Labute approximate surface area is 92.6 Å². The Balaban J connectivity index is 2.38. The molecule has 0 atom stereocenters. The van der Waals surface area contributed by atoms with Gasteiger partial charge in [-0.1, -0.05) is 0 Å². The number of aliphatic hydroxyl groups excluding tert-OH is 2. The summed E-state index contributed by atoms with van der Waals surface area (Å²) in [5.41, 5.74) is 1.65. The molecular weight excluding hydrogens is 208 g/mol. The molecule has 0 aromatic carbocycles. The van der Waals surface area contributed by atoms with Crippen LogP contribution in [0.5, 0.6) is 0 Å². The van der Waals surface area contributed by atoms with Crippen LogP contribution in [-0.4, -0.2) is 51.5 Å². The summed E-state index contributed by atoms with van der Waals surface area (Å²) in [5.74, 6) is 0.707. The summed E-state index contributed by atoms with van der Waals surface area (Å²) in [6.45, 7) is 0.912. The molecule has 0 amide bonds. The Kier molecular flexibility index (Phi) is 3.33. The van der Waals surface area contributed by atoms with Crippen LogP contribution in [0.1, 0.15) is 0 Å². The monoisotopic (exact) mass is 222 g/mol. The van der Waals surface area contributed by atoms with Gasteiger partial charge >= 0.3 is 0 Å². The topological polar surface area (TPSA) is 85.3 Å². The number of nitrogens with zero attached hydrogens (tertiary/aromatic N) is 3. The van der Waals surface area contributed by atoms with Gasteiger partial charge in [0.25, 0.3) is 0 Å². The lowest BCUT2D eigenvalue weighted by Crippen LogP contribution is -2.30. The second kappa shape index (κ2) is 4.91. The Morgan fingerprint density at radius 3 is 2.62 bits per heavy atom. The van der Waals surface area contributed by atoms with Crippen molar-refractivity contribution in [3.05, 3.63) is 18.6 Å². The molecule has 6 nitrogen and oxygen atoms in total. The Morgan fingerprint density at radius 2 is 1.94 bits per heavy atom. The van der Waals surface area contributed by atoms with E-state index in [-0.39, 0.29) is 13.2 Å². The van der Waals surface area contributed by atoms with Gasteiger partial charge in [-0.2, -0.15) is 0 Å². The molecule has 0 bridgehead atoms. The predicted octanol–water partition coefficient (Wildman–Crippen LogP) is -0.251. The van der Waals surface area contributed by atoms with E-state index in [4.69, 9.17) is 10.2 Å². The molecule has 0 aliphatic carbocycles. The average molecular weight is 222 g/mol. The minimum absolute atomic E-state index is 0.0200. The fourth-order valence-electron chi connectivity index (χ4n) is 1.66. The van der Waals surface area contributed by atoms with Crippen molar-refractivity contribution in [1.29, 1.82) is 0 Å². The van der Waals surface area contributed by atoms with Crippen LogP contribution in [0.2, 0.25) is 0 Å². The summed E-state index contributed by atoms with van der Waals surface area (Å²) in [6.07, 6.45) is 3.27. The van der Waals surface area contributed by atoms with E-state index in [9.17, 15) is 0 Å². The zero-order valence-electron chi connectivity index (χ0n) is 8.80. The van der Waals surface area contributed by atoms with Gasteiger partial charge < -0.3 is 20.1 Å². The highest BCUT2D eigenvalue weighted by Gasteiger charge is 2.11. The predicted molar refractivity (Wildman–Crippen MR) is 60.3 cm³/mol. The lowest BCUT2D eigenvalue weighted by atomic mass is 10.3. The van der Waals surface area contributed by atoms with E-state index in [1.54, 1.807) is 6.20 Å². The number of H-pyrrole nitrogens is 1. The minimum Gasteiger partial charge on any atom is -0.395 e. The molecule has 0 aliphatic heterocycles. The number of fused-ring (bicyclic) bond motifs is 1. The molecule has 2 rings (SSSR count). The Bertz CT molecular complexity index is 451. The Hall–Kier alpha value is -1.66. The van der Waals surface area contributed by atoms with Crippen molar-refractivity contribution in [3.63, 3.8) is 0 Å². The molecular formula is C10H14N4O2. The molecule has 0 radical (unpaired) electrons. The van der Waals surface area contributed by atoms with Gasteiger partial charge in [-0.3, -0.25) is 0 Å². The lowest BCUT2D eigenvalue weighted by molar-refractivity contribution is 0.281. The van der Waals surface area contributed by atoms with Gasteiger partial charge in [0.15, 0.2) is 5.82 Å². The summed E-state index contributed by atoms with van der Waals surface area (Å²) in [6, 6.07) is 1.86. The van der Waals surface area contributed by atoms with Crippen LogP contribution in [0.4, 0.5) is 5.82 Å². The van der Waals surface area contributed by atoms with Gasteiger partial charge in [-0.25, -0.2) is 9.97 Å². The summed E-state index contributed by atoms with van der Waals surface area (Å²) >= 11 is 0. The van der Waals surface area contributed by atoms with Crippen molar-refractivity contribution < 1.29 is 10.2 Å². The largest absolute Gasteiger partial charge is 0.395 e. The molecule has 3 N–H and O–H groups in total. The fraction of sp³-hybridized carbons (Fsp3) is 0.400. The summed E-state index contributed by atoms with van der Waals surface area (Å²) in [4.78, 5) is 13.2. The van der Waals surface area contributed by atoms with Crippen molar-refractivity contribution in [2.75, 3.05) is 31.2 Å². The first-order chi connectivity index (χ1) is 7.86. The van der Waals surface area contributed by atoms with Crippen LogP contribution in [0.3, 0.4) is 0 Å². The van der Waals surface area contributed by atoms with Gasteiger partial charge in [-0.15, -0.1) is 0 Å². The van der Waals surface area contributed by atoms with Crippen LogP contribution in [0.25, 0.3) is 11.0 Å². The van der Waals surface area contributed by atoms with E-state index >= 15 is 0 Å². The number of aliphatic hydroxyl groups is 2. The van der Waals surface area contributed by atoms with E-state index in [0.29, 0.717) is 18.9 Å². The van der Waals surface area contributed by atoms with Crippen LogP contribution in [0.15, 0.2) is 18.6 Å². The third-order valence-electron chi connectivity index (χ3n) is 2.36. The van der Waals surface area contributed by atoms with Crippen LogP contribution in [0, 0.1) is 0 Å². The second-order valence-electron chi connectivity index (χ2n) is 3.37. The molecule has 0 spiro atoms. The highest BCUT2D eigenvalue weighted by atomic mass is 16.3. The number of nitrogens with one attached hydrogen (secondary N) is 1. The molecule has 86 valence electrons. The molecule has 2 heterocycles. The number of hydrogen-bond donors (Lipinski definition) is 3. The van der Waals surface area contributed by atoms with Crippen LogP contribution < -0.4 is 4.90 Å². The normalized spacial score (nSPS) is 10.9. The first-order valence-electron chi connectivity index (χ1n) is 5.11. The van der Waals surface area contributed by atoms with Crippen molar-refractivity contribution in [1.82, 2.24) is 15.0 Å². The number of aromatic nitrogens is 3. The third kappa shape index (κ3) is 1.98. The molecule has 0 unspecified atom stereocenters. The van der Waals surface area contributed by atoms with E-state index in [1.807, 2.05) is 11.0 Å². The zero-order valence-corrected chi connectivity index (χ0v) is 8.80. The SMILES string of the molecule is OCCN(CCO)c1ncnc2cc[nH]c12. The smallest absolute Gasteiger partial charge is 0.156 e. The highest BCUT2D eigenvalue weighted by Crippen LogP contribution is 2.20. The van der Waals surface area contributed by atoms with Crippen molar-refractivity contribution in [2.45, 2.75) is 0 Å².